The summed E-state index contributed by atoms with van der Waals surface area (Å²) >= 11 is 1.84. The molecule has 33 heavy (non-hydrogen) atoms. The zero-order valence-electron chi connectivity index (χ0n) is 19.3. The molecule has 2 aromatic rings. The predicted octanol–water partition coefficient (Wildman–Crippen LogP) is 4.18. The Morgan fingerprint density at radius 1 is 1.15 bits per heavy atom. The molecule has 1 saturated heterocycles. The molecule has 2 heterocycles. The van der Waals surface area contributed by atoms with Crippen molar-refractivity contribution in [3.05, 3.63) is 59.7 Å². The molecular formula is C26H34N2O4S. The average molecular weight is 471 g/mol. The van der Waals surface area contributed by atoms with Gasteiger partial charge in [-0.05, 0) is 67.6 Å². The fraction of sp³-hybridized carbons (Fsp3) is 0.462. The van der Waals surface area contributed by atoms with Crippen LogP contribution in [0.3, 0.4) is 0 Å². The van der Waals surface area contributed by atoms with Crippen molar-refractivity contribution in [2.45, 2.75) is 37.1 Å². The summed E-state index contributed by atoms with van der Waals surface area (Å²) < 4.78 is 5.37. The van der Waals surface area contributed by atoms with Crippen LogP contribution in [0.25, 0.3) is 0 Å². The van der Waals surface area contributed by atoms with E-state index in [0.717, 1.165) is 43.6 Å². The number of hydrogen-bond donors (Lipinski definition) is 1. The molecule has 0 unspecified atom stereocenters. The fourth-order valence-corrected chi connectivity index (χ4v) is 5.49. The van der Waals surface area contributed by atoms with Crippen LogP contribution in [0.4, 0.5) is 0 Å². The highest BCUT2D eigenvalue weighted by Gasteiger charge is 2.23. The lowest BCUT2D eigenvalue weighted by atomic mass is 9.90. The van der Waals surface area contributed by atoms with Gasteiger partial charge in [0, 0.05) is 36.7 Å². The summed E-state index contributed by atoms with van der Waals surface area (Å²) in [7, 11) is 1.69. The average Bonchev–Trinajstić information content (AvgIpc) is 3.06. The number of rotatable bonds is 6. The third-order valence-corrected chi connectivity index (χ3v) is 7.41. The van der Waals surface area contributed by atoms with Crippen LogP contribution in [0.5, 0.6) is 5.75 Å². The summed E-state index contributed by atoms with van der Waals surface area (Å²) in [5, 5.41) is 6.89. The second kappa shape index (κ2) is 13.3. The third-order valence-electron chi connectivity index (χ3n) is 6.32. The smallest absolute Gasteiger partial charge is 0.290 e. The zero-order chi connectivity index (χ0) is 23.5. The number of carbonyl (C=O) groups excluding carboxylic acids is 1. The Hall–Kier alpha value is -2.51. The third kappa shape index (κ3) is 7.79. The number of nitrogens with zero attached hydrogens (tertiary/aromatic N) is 2. The van der Waals surface area contributed by atoms with Crippen LogP contribution in [0.2, 0.25) is 0 Å². The lowest BCUT2D eigenvalue weighted by molar-refractivity contribution is -0.132. The van der Waals surface area contributed by atoms with Gasteiger partial charge in [-0.3, -0.25) is 9.59 Å². The van der Waals surface area contributed by atoms with Crippen LogP contribution in [0.1, 0.15) is 30.4 Å². The molecule has 0 spiro atoms. The highest BCUT2D eigenvalue weighted by atomic mass is 32.2. The van der Waals surface area contributed by atoms with Crippen molar-refractivity contribution in [2.75, 3.05) is 39.0 Å². The molecule has 7 heteroatoms. The van der Waals surface area contributed by atoms with Crippen LogP contribution >= 0.6 is 11.8 Å². The van der Waals surface area contributed by atoms with Gasteiger partial charge in [0.2, 0.25) is 5.91 Å². The first-order valence-electron chi connectivity index (χ1n) is 11.5. The normalized spacial score (nSPS) is 16.7. The van der Waals surface area contributed by atoms with Crippen molar-refractivity contribution >= 4 is 24.1 Å². The van der Waals surface area contributed by atoms with Crippen molar-refractivity contribution in [3.8, 4) is 5.75 Å². The summed E-state index contributed by atoms with van der Waals surface area (Å²) in [6.07, 6.45) is 4.27. The highest BCUT2D eigenvalue weighted by molar-refractivity contribution is 7.99. The molecule has 1 amide bonds. The van der Waals surface area contributed by atoms with Gasteiger partial charge in [-0.25, -0.2) is 0 Å². The van der Waals surface area contributed by atoms with E-state index in [9.17, 15) is 4.79 Å². The number of methoxy groups -OCH3 is 1. The van der Waals surface area contributed by atoms with Gasteiger partial charge in [0.05, 0.1) is 7.11 Å². The Bertz CT molecular complexity index is 885. The Kier molecular flexibility index (Phi) is 10.1. The van der Waals surface area contributed by atoms with E-state index in [0.29, 0.717) is 13.0 Å². The number of carboxylic acid groups (broad SMARTS) is 1. The van der Waals surface area contributed by atoms with Gasteiger partial charge in [-0.2, -0.15) is 0 Å². The van der Waals surface area contributed by atoms with Gasteiger partial charge in [0.15, 0.2) is 0 Å². The summed E-state index contributed by atoms with van der Waals surface area (Å²) in [6.45, 7) is 4.37. The molecule has 0 saturated carbocycles. The Morgan fingerprint density at radius 2 is 1.88 bits per heavy atom. The van der Waals surface area contributed by atoms with E-state index in [1.165, 1.54) is 35.3 Å². The lowest BCUT2D eigenvalue weighted by Gasteiger charge is -2.32. The van der Waals surface area contributed by atoms with Crippen LogP contribution in [-0.2, 0) is 22.6 Å². The van der Waals surface area contributed by atoms with Gasteiger partial charge in [0.1, 0.15) is 5.75 Å². The summed E-state index contributed by atoms with van der Waals surface area (Å²) in [5.41, 5.74) is 2.65. The lowest BCUT2D eigenvalue weighted by Crippen LogP contribution is -2.38. The monoisotopic (exact) mass is 470 g/mol. The minimum atomic E-state index is -0.250. The SMILES string of the molecule is COc1ccc2c(c1)CN(C(=O)CCN1CCC(Cc3ccccc3)CC1)CCS2.O=CO. The van der Waals surface area contributed by atoms with Crippen molar-refractivity contribution in [3.63, 3.8) is 0 Å². The number of ether oxygens (including phenoxy) is 1. The quantitative estimate of drug-likeness (QED) is 0.639. The molecule has 178 valence electrons. The Labute approximate surface area is 200 Å². The van der Waals surface area contributed by atoms with Crippen molar-refractivity contribution in [1.82, 2.24) is 9.80 Å². The first kappa shape index (κ1) is 25.1. The van der Waals surface area contributed by atoms with Gasteiger partial charge >= 0.3 is 0 Å². The van der Waals surface area contributed by atoms with Crippen molar-refractivity contribution in [1.29, 1.82) is 0 Å². The predicted molar refractivity (Wildman–Crippen MR) is 132 cm³/mol. The summed E-state index contributed by atoms with van der Waals surface area (Å²) in [4.78, 5) is 27.1. The van der Waals surface area contributed by atoms with Crippen molar-refractivity contribution < 1.29 is 19.4 Å². The molecule has 6 nitrogen and oxygen atoms in total. The van der Waals surface area contributed by atoms with Gasteiger partial charge < -0.3 is 19.6 Å². The number of fused-ring (bicyclic) bond motifs is 1. The minimum absolute atomic E-state index is 0.250. The maximum absolute atomic E-state index is 12.9. The van der Waals surface area contributed by atoms with E-state index in [1.54, 1.807) is 7.11 Å². The number of thioether (sulfide) groups is 1. The van der Waals surface area contributed by atoms with E-state index in [1.807, 2.05) is 22.7 Å². The number of amides is 1. The summed E-state index contributed by atoms with van der Waals surface area (Å²) in [5.74, 6) is 2.86. The highest BCUT2D eigenvalue weighted by Crippen LogP contribution is 2.30. The largest absolute Gasteiger partial charge is 0.497 e. The summed E-state index contributed by atoms with van der Waals surface area (Å²) in [6, 6.07) is 17.0. The second-order valence-electron chi connectivity index (χ2n) is 8.47. The second-order valence-corrected chi connectivity index (χ2v) is 9.60. The van der Waals surface area contributed by atoms with E-state index >= 15 is 0 Å². The molecule has 0 bridgehead atoms. The number of likely N-dealkylation sites (tertiary alicyclic amines) is 1. The molecule has 0 aliphatic carbocycles. The van der Waals surface area contributed by atoms with Crippen LogP contribution in [0.15, 0.2) is 53.4 Å². The van der Waals surface area contributed by atoms with Gasteiger partial charge in [0.25, 0.3) is 6.47 Å². The zero-order valence-corrected chi connectivity index (χ0v) is 20.1. The molecular weight excluding hydrogens is 436 g/mol. The molecule has 4 rings (SSSR count). The number of piperidine rings is 1. The van der Waals surface area contributed by atoms with Crippen LogP contribution in [0, 0.1) is 5.92 Å². The molecule has 2 aromatic carbocycles. The Morgan fingerprint density at radius 3 is 2.58 bits per heavy atom. The van der Waals surface area contributed by atoms with E-state index in [-0.39, 0.29) is 12.4 Å². The molecule has 2 aliphatic heterocycles. The molecule has 0 radical (unpaired) electrons. The van der Waals surface area contributed by atoms with Crippen molar-refractivity contribution in [2.24, 2.45) is 5.92 Å². The number of carbonyl (C=O) groups is 2. The van der Waals surface area contributed by atoms with Crippen LogP contribution in [-0.4, -0.2) is 66.3 Å². The number of hydrogen-bond acceptors (Lipinski definition) is 5. The standard InChI is InChI=1S/C25H32N2O2S.CH2O2/c1-29-23-7-8-24-22(18-23)19-27(15-16-30-24)25(28)11-14-26-12-9-21(10-13-26)17-20-5-3-2-4-6-20;2-1-3/h2-8,18,21H,9-17,19H2,1H3;1H,(H,2,3). The van der Waals surface area contributed by atoms with Crippen LogP contribution < -0.4 is 4.74 Å². The molecule has 0 atom stereocenters. The minimum Gasteiger partial charge on any atom is -0.497 e. The number of benzene rings is 2. The topological polar surface area (TPSA) is 70.1 Å². The Balaban J connectivity index is 0.000000968. The van der Waals surface area contributed by atoms with E-state index in [2.05, 4.69) is 47.4 Å². The van der Waals surface area contributed by atoms with Gasteiger partial charge in [-0.1, -0.05) is 30.3 Å². The fourth-order valence-electron chi connectivity index (χ4n) is 4.48. The van der Waals surface area contributed by atoms with Gasteiger partial charge in [-0.15, -0.1) is 11.8 Å². The maximum atomic E-state index is 12.9. The molecule has 0 aromatic heterocycles. The molecule has 1 fully saturated rings. The van der Waals surface area contributed by atoms with E-state index < -0.39 is 0 Å². The molecule has 1 N–H and O–H groups in total. The maximum Gasteiger partial charge on any atom is 0.290 e. The first-order valence-corrected chi connectivity index (χ1v) is 12.5. The van der Waals surface area contributed by atoms with E-state index in [4.69, 9.17) is 14.6 Å². The molecule has 2 aliphatic rings. The first-order chi connectivity index (χ1) is 16.1.